The van der Waals surface area contributed by atoms with Crippen molar-refractivity contribution in [1.29, 1.82) is 5.41 Å². The highest BCUT2D eigenvalue weighted by atomic mass is 32.2. The van der Waals surface area contributed by atoms with Crippen LogP contribution in [0.1, 0.15) is 56.2 Å². The van der Waals surface area contributed by atoms with E-state index in [2.05, 4.69) is 0 Å². The van der Waals surface area contributed by atoms with E-state index in [9.17, 15) is 36.0 Å². The van der Waals surface area contributed by atoms with E-state index in [0.29, 0.717) is 11.6 Å². The lowest BCUT2D eigenvalue weighted by Crippen LogP contribution is -2.43. The number of alkyl halides is 3. The Labute approximate surface area is 251 Å². The van der Waals surface area contributed by atoms with E-state index in [1.54, 1.807) is 30.3 Å². The molecule has 10 nitrogen and oxygen atoms in total. The van der Waals surface area contributed by atoms with E-state index >= 15 is 0 Å². The summed E-state index contributed by atoms with van der Waals surface area (Å²) < 4.78 is 70.6. The number of sulfone groups is 1. The number of guanidine groups is 1. The van der Waals surface area contributed by atoms with Crippen molar-refractivity contribution < 1.29 is 40.7 Å². The van der Waals surface area contributed by atoms with Gasteiger partial charge in [0.1, 0.15) is 6.61 Å². The maximum absolute atomic E-state index is 14.1. The SMILES string of the molecule is CS(=O)(=O)c1ccc(C(=O)N2CCC(c3ccc(C(=O)NC(=N)NC(=O)OCc4ccccc4)cc3C(F)(F)F)CC2)cc1. The zero-order chi connectivity index (χ0) is 32.1. The lowest BCUT2D eigenvalue weighted by Gasteiger charge is -2.33. The van der Waals surface area contributed by atoms with Crippen LogP contribution < -0.4 is 10.6 Å². The van der Waals surface area contributed by atoms with Gasteiger partial charge in [0.25, 0.3) is 11.8 Å². The Morgan fingerprint density at radius 1 is 0.932 bits per heavy atom. The highest BCUT2D eigenvalue weighted by molar-refractivity contribution is 7.90. The first kappa shape index (κ1) is 32.2. The number of piperidine rings is 1. The fraction of sp³-hybridized carbons (Fsp3) is 0.267. The number of nitrogens with one attached hydrogen (secondary N) is 3. The van der Waals surface area contributed by atoms with E-state index in [0.717, 1.165) is 6.26 Å². The van der Waals surface area contributed by atoms with Gasteiger partial charge < -0.3 is 9.64 Å². The van der Waals surface area contributed by atoms with Gasteiger partial charge in [-0.3, -0.25) is 25.6 Å². The number of halogens is 3. The van der Waals surface area contributed by atoms with Crippen molar-refractivity contribution in [2.75, 3.05) is 19.3 Å². The summed E-state index contributed by atoms with van der Waals surface area (Å²) >= 11 is 0. The summed E-state index contributed by atoms with van der Waals surface area (Å²) in [6, 6.07) is 17.3. The zero-order valence-electron chi connectivity index (χ0n) is 23.5. The minimum Gasteiger partial charge on any atom is -0.444 e. The average Bonchev–Trinajstić information content (AvgIpc) is 2.99. The number of rotatable bonds is 6. The number of carbonyl (C=O) groups excluding carboxylic acids is 3. The molecule has 3 N–H and O–H groups in total. The molecule has 232 valence electrons. The first-order valence-electron chi connectivity index (χ1n) is 13.4. The van der Waals surface area contributed by atoms with Crippen molar-refractivity contribution in [2.24, 2.45) is 0 Å². The Morgan fingerprint density at radius 3 is 2.14 bits per heavy atom. The smallest absolute Gasteiger partial charge is 0.416 e. The Morgan fingerprint density at radius 2 is 1.55 bits per heavy atom. The molecular formula is C30H29F3N4O6S. The topological polar surface area (TPSA) is 146 Å². The Kier molecular flexibility index (Phi) is 9.72. The zero-order valence-corrected chi connectivity index (χ0v) is 24.3. The van der Waals surface area contributed by atoms with Gasteiger partial charge in [-0.1, -0.05) is 36.4 Å². The van der Waals surface area contributed by atoms with Crippen LogP contribution in [0.4, 0.5) is 18.0 Å². The number of likely N-dealkylation sites (tertiary alicyclic amines) is 1. The molecule has 44 heavy (non-hydrogen) atoms. The predicted octanol–water partition coefficient (Wildman–Crippen LogP) is 4.72. The van der Waals surface area contributed by atoms with Crippen molar-refractivity contribution in [3.8, 4) is 0 Å². The summed E-state index contributed by atoms with van der Waals surface area (Å²) in [5.74, 6) is -2.70. The first-order chi connectivity index (χ1) is 20.7. The molecule has 3 aromatic carbocycles. The molecule has 1 heterocycles. The molecule has 0 spiro atoms. The van der Waals surface area contributed by atoms with Gasteiger partial charge in [-0.2, -0.15) is 13.2 Å². The molecule has 0 aliphatic carbocycles. The van der Waals surface area contributed by atoms with Gasteiger partial charge in [0.05, 0.1) is 10.5 Å². The highest BCUT2D eigenvalue weighted by Crippen LogP contribution is 2.39. The maximum atomic E-state index is 14.1. The molecular weight excluding hydrogens is 601 g/mol. The van der Waals surface area contributed by atoms with Crippen LogP contribution in [0.15, 0.2) is 77.7 Å². The molecule has 0 saturated carbocycles. The molecule has 3 aromatic rings. The molecule has 4 rings (SSSR count). The van der Waals surface area contributed by atoms with Gasteiger partial charge in [0.2, 0.25) is 5.96 Å². The summed E-state index contributed by atoms with van der Waals surface area (Å²) in [7, 11) is -3.43. The van der Waals surface area contributed by atoms with Gasteiger partial charge >= 0.3 is 12.3 Å². The Bertz CT molecular complexity index is 1650. The first-order valence-corrected chi connectivity index (χ1v) is 15.3. The number of alkyl carbamates (subject to hydrolysis) is 1. The standard InChI is InChI=1S/C30H29F3N4O6S/c1-44(41,42)23-10-7-21(8-11-23)27(39)37-15-13-20(14-16-37)24-12-9-22(17-25(24)30(31,32)33)26(38)35-28(34)36-29(40)43-18-19-5-3-2-4-6-19/h2-12,17,20H,13-16,18H2,1H3,(H3,34,35,36,38,40). The molecule has 0 bridgehead atoms. The summed E-state index contributed by atoms with van der Waals surface area (Å²) in [4.78, 5) is 39.0. The van der Waals surface area contributed by atoms with Gasteiger partial charge in [0, 0.05) is 30.5 Å². The van der Waals surface area contributed by atoms with Crippen molar-refractivity contribution in [2.45, 2.75) is 36.4 Å². The van der Waals surface area contributed by atoms with Crippen LogP contribution in [0.5, 0.6) is 0 Å². The third kappa shape index (κ3) is 8.22. The number of amides is 3. The minimum absolute atomic E-state index is 0.0173. The predicted molar refractivity (Wildman–Crippen MR) is 154 cm³/mol. The second-order valence-corrected chi connectivity index (χ2v) is 12.2. The Balaban J connectivity index is 1.37. The molecule has 1 fully saturated rings. The quantitative estimate of drug-likeness (QED) is 0.266. The number of benzene rings is 3. The van der Waals surface area contributed by atoms with Crippen molar-refractivity contribution in [1.82, 2.24) is 15.5 Å². The van der Waals surface area contributed by atoms with Crippen LogP contribution in [0.3, 0.4) is 0 Å². The lowest BCUT2D eigenvalue weighted by atomic mass is 9.85. The second-order valence-electron chi connectivity index (χ2n) is 10.2. The van der Waals surface area contributed by atoms with Crippen molar-refractivity contribution in [3.05, 3.63) is 101 Å². The van der Waals surface area contributed by atoms with E-state index in [1.807, 2.05) is 10.6 Å². The van der Waals surface area contributed by atoms with Crippen LogP contribution in [0.25, 0.3) is 0 Å². The second kappa shape index (κ2) is 13.3. The fourth-order valence-corrected chi connectivity index (χ4v) is 5.43. The normalized spacial score (nSPS) is 14.0. The highest BCUT2D eigenvalue weighted by Gasteiger charge is 2.37. The largest absolute Gasteiger partial charge is 0.444 e. The van der Waals surface area contributed by atoms with Gasteiger partial charge in [-0.25, -0.2) is 13.2 Å². The van der Waals surface area contributed by atoms with Crippen LogP contribution in [0.2, 0.25) is 0 Å². The lowest BCUT2D eigenvalue weighted by molar-refractivity contribution is -0.138. The molecule has 0 unspecified atom stereocenters. The molecule has 1 aliphatic rings. The maximum Gasteiger partial charge on any atom is 0.416 e. The van der Waals surface area contributed by atoms with E-state index < -0.39 is 45.5 Å². The summed E-state index contributed by atoms with van der Waals surface area (Å²) in [6.07, 6.45) is -4.28. The number of carbonyl (C=O) groups is 3. The molecule has 0 aromatic heterocycles. The number of hydrogen-bond acceptors (Lipinski definition) is 7. The van der Waals surface area contributed by atoms with Gasteiger partial charge in [0.15, 0.2) is 9.84 Å². The molecule has 0 radical (unpaired) electrons. The molecule has 0 atom stereocenters. The summed E-state index contributed by atoms with van der Waals surface area (Å²) in [5, 5.41) is 11.8. The third-order valence-corrected chi connectivity index (χ3v) is 8.18. The van der Waals surface area contributed by atoms with Crippen LogP contribution in [-0.2, 0) is 27.4 Å². The third-order valence-electron chi connectivity index (χ3n) is 7.05. The van der Waals surface area contributed by atoms with Gasteiger partial charge in [-0.05, 0) is 66.3 Å². The molecule has 14 heteroatoms. The van der Waals surface area contributed by atoms with Gasteiger partial charge in [-0.15, -0.1) is 0 Å². The monoisotopic (exact) mass is 630 g/mol. The van der Waals surface area contributed by atoms with E-state index in [1.165, 1.54) is 41.3 Å². The fourth-order valence-electron chi connectivity index (χ4n) is 4.80. The average molecular weight is 631 g/mol. The molecule has 3 amide bonds. The number of nitrogens with zero attached hydrogens (tertiary/aromatic N) is 1. The number of hydrogen-bond donors (Lipinski definition) is 3. The van der Waals surface area contributed by atoms with E-state index in [4.69, 9.17) is 10.1 Å². The summed E-state index contributed by atoms with van der Waals surface area (Å²) in [5.41, 5.74) is -0.428. The Hall–Kier alpha value is -4.72. The molecule has 1 saturated heterocycles. The van der Waals surface area contributed by atoms with Crippen LogP contribution in [-0.4, -0.2) is 56.5 Å². The number of ether oxygens (including phenoxy) is 1. The van der Waals surface area contributed by atoms with Crippen molar-refractivity contribution >= 4 is 33.7 Å². The van der Waals surface area contributed by atoms with Crippen molar-refractivity contribution in [3.63, 3.8) is 0 Å². The summed E-state index contributed by atoms with van der Waals surface area (Å²) in [6.45, 7) is 0.274. The van der Waals surface area contributed by atoms with E-state index in [-0.39, 0.29) is 60.0 Å². The minimum atomic E-state index is -4.78. The molecule has 1 aliphatic heterocycles. The van der Waals surface area contributed by atoms with Crippen LogP contribution in [0, 0.1) is 5.41 Å². The van der Waals surface area contributed by atoms with Crippen LogP contribution >= 0.6 is 0 Å².